The van der Waals surface area contributed by atoms with Crippen molar-refractivity contribution in [2.45, 2.75) is 20.0 Å². The minimum Gasteiger partial charge on any atom is -0.481 e. The molecule has 1 aliphatic heterocycles. The molecule has 0 saturated heterocycles. The van der Waals surface area contributed by atoms with Gasteiger partial charge in [-0.2, -0.15) is 0 Å². The third-order valence-corrected chi connectivity index (χ3v) is 3.38. The third kappa shape index (κ3) is 2.28. The highest BCUT2D eigenvalue weighted by atomic mass is 19.1. The van der Waals surface area contributed by atoms with Gasteiger partial charge in [0.05, 0.1) is 12.2 Å². The molecule has 0 fully saturated rings. The predicted octanol–water partition coefficient (Wildman–Crippen LogP) is 3.99. The van der Waals surface area contributed by atoms with Crippen molar-refractivity contribution in [3.05, 3.63) is 58.9 Å². The van der Waals surface area contributed by atoms with Gasteiger partial charge in [0, 0.05) is 0 Å². The summed E-state index contributed by atoms with van der Waals surface area (Å²) in [6.07, 6.45) is -0.149. The largest absolute Gasteiger partial charge is 0.481 e. The molecule has 0 bridgehead atoms. The highest BCUT2D eigenvalue weighted by molar-refractivity contribution is 5.63. The van der Waals surface area contributed by atoms with E-state index in [-0.39, 0.29) is 11.9 Å². The van der Waals surface area contributed by atoms with E-state index in [1.165, 1.54) is 17.7 Å². The first kappa shape index (κ1) is 12.0. The number of anilines is 1. The first-order valence-corrected chi connectivity index (χ1v) is 6.41. The summed E-state index contributed by atoms with van der Waals surface area (Å²) < 4.78 is 19.3. The molecule has 0 aromatic heterocycles. The molecule has 2 nitrogen and oxygen atoms in total. The standard InChI is InChI=1S/C16H16FNO/c1-10-6-11(2)16-14(7-10)18-9-15(19-16)12-4-3-5-13(17)8-12/h3-8,15,18H,9H2,1-2H3. The molecule has 0 aliphatic carbocycles. The van der Waals surface area contributed by atoms with E-state index >= 15 is 0 Å². The van der Waals surface area contributed by atoms with Crippen LogP contribution in [-0.2, 0) is 0 Å². The van der Waals surface area contributed by atoms with Crippen molar-refractivity contribution < 1.29 is 9.13 Å². The van der Waals surface area contributed by atoms with Crippen molar-refractivity contribution in [1.29, 1.82) is 0 Å². The van der Waals surface area contributed by atoms with Gasteiger partial charge >= 0.3 is 0 Å². The predicted molar refractivity (Wildman–Crippen MR) is 74.2 cm³/mol. The summed E-state index contributed by atoms with van der Waals surface area (Å²) in [5, 5.41) is 3.36. The first-order valence-electron chi connectivity index (χ1n) is 6.41. The van der Waals surface area contributed by atoms with Gasteiger partial charge in [-0.05, 0) is 48.7 Å². The Labute approximate surface area is 112 Å². The lowest BCUT2D eigenvalue weighted by molar-refractivity contribution is 0.208. The Morgan fingerprint density at radius 1 is 1.21 bits per heavy atom. The monoisotopic (exact) mass is 257 g/mol. The molecule has 3 heteroatoms. The second kappa shape index (κ2) is 4.57. The van der Waals surface area contributed by atoms with Gasteiger partial charge in [-0.25, -0.2) is 4.39 Å². The Kier molecular flexibility index (Phi) is 2.90. The van der Waals surface area contributed by atoms with Crippen molar-refractivity contribution in [3.8, 4) is 5.75 Å². The van der Waals surface area contributed by atoms with Gasteiger partial charge < -0.3 is 10.1 Å². The van der Waals surface area contributed by atoms with Crippen LogP contribution in [0.3, 0.4) is 0 Å². The normalized spacial score (nSPS) is 17.3. The quantitative estimate of drug-likeness (QED) is 0.834. The summed E-state index contributed by atoms with van der Waals surface area (Å²) in [7, 11) is 0. The van der Waals surface area contributed by atoms with Gasteiger partial charge in [0.1, 0.15) is 17.7 Å². The zero-order chi connectivity index (χ0) is 13.4. The molecule has 2 aromatic carbocycles. The molecule has 1 N–H and O–H groups in total. The highest BCUT2D eigenvalue weighted by Gasteiger charge is 2.22. The number of benzene rings is 2. The molecule has 1 atom stereocenters. The number of nitrogens with one attached hydrogen (secondary N) is 1. The topological polar surface area (TPSA) is 21.3 Å². The Morgan fingerprint density at radius 3 is 2.84 bits per heavy atom. The molecule has 3 rings (SSSR count). The van der Waals surface area contributed by atoms with Crippen LogP contribution in [0.25, 0.3) is 0 Å². The summed E-state index contributed by atoms with van der Waals surface area (Å²) in [4.78, 5) is 0. The van der Waals surface area contributed by atoms with Crippen LogP contribution < -0.4 is 10.1 Å². The van der Waals surface area contributed by atoms with Crippen LogP contribution in [-0.4, -0.2) is 6.54 Å². The lowest BCUT2D eigenvalue weighted by atomic mass is 10.0. The maximum atomic E-state index is 13.3. The van der Waals surface area contributed by atoms with Gasteiger partial charge in [0.15, 0.2) is 0 Å². The van der Waals surface area contributed by atoms with Crippen LogP contribution in [0, 0.1) is 19.7 Å². The van der Waals surface area contributed by atoms with Crippen LogP contribution in [0.2, 0.25) is 0 Å². The van der Waals surface area contributed by atoms with Gasteiger partial charge in [-0.15, -0.1) is 0 Å². The molecule has 98 valence electrons. The van der Waals surface area contributed by atoms with E-state index in [1.807, 2.05) is 13.0 Å². The average Bonchev–Trinajstić information content (AvgIpc) is 2.38. The lowest BCUT2D eigenvalue weighted by Gasteiger charge is -2.29. The zero-order valence-electron chi connectivity index (χ0n) is 11.0. The van der Waals surface area contributed by atoms with Gasteiger partial charge in [-0.1, -0.05) is 18.2 Å². The van der Waals surface area contributed by atoms with Crippen molar-refractivity contribution in [2.75, 3.05) is 11.9 Å². The summed E-state index contributed by atoms with van der Waals surface area (Å²) in [6, 6.07) is 10.7. The van der Waals surface area contributed by atoms with Crippen LogP contribution in [0.15, 0.2) is 36.4 Å². The van der Waals surface area contributed by atoms with Crippen LogP contribution in [0.4, 0.5) is 10.1 Å². The number of hydrogen-bond donors (Lipinski definition) is 1. The number of rotatable bonds is 1. The minimum absolute atomic E-state index is 0.149. The summed E-state index contributed by atoms with van der Waals surface area (Å²) in [5.41, 5.74) is 4.18. The van der Waals surface area contributed by atoms with E-state index in [4.69, 9.17) is 4.74 Å². The van der Waals surface area contributed by atoms with Gasteiger partial charge in [0.25, 0.3) is 0 Å². The number of halogens is 1. The molecule has 1 heterocycles. The molecule has 0 radical (unpaired) electrons. The summed E-state index contributed by atoms with van der Waals surface area (Å²) >= 11 is 0. The van der Waals surface area contributed by atoms with Gasteiger partial charge in [0.2, 0.25) is 0 Å². The fourth-order valence-electron chi connectivity index (χ4n) is 2.52. The fourth-order valence-corrected chi connectivity index (χ4v) is 2.52. The van der Waals surface area contributed by atoms with E-state index in [1.54, 1.807) is 6.07 Å². The summed E-state index contributed by atoms with van der Waals surface area (Å²) in [6.45, 7) is 4.74. The SMILES string of the molecule is Cc1cc(C)c2c(c1)NCC(c1cccc(F)c1)O2. The average molecular weight is 257 g/mol. The Morgan fingerprint density at radius 2 is 2.05 bits per heavy atom. The van der Waals surface area contributed by atoms with E-state index in [2.05, 4.69) is 24.4 Å². The van der Waals surface area contributed by atoms with Crippen molar-refractivity contribution in [1.82, 2.24) is 0 Å². The second-order valence-corrected chi connectivity index (χ2v) is 5.00. The van der Waals surface area contributed by atoms with Crippen molar-refractivity contribution in [2.24, 2.45) is 0 Å². The van der Waals surface area contributed by atoms with E-state index in [0.29, 0.717) is 6.54 Å². The molecular weight excluding hydrogens is 241 g/mol. The Balaban J connectivity index is 1.94. The second-order valence-electron chi connectivity index (χ2n) is 5.00. The zero-order valence-corrected chi connectivity index (χ0v) is 11.0. The molecule has 2 aromatic rings. The Bertz CT molecular complexity index is 624. The number of hydrogen-bond acceptors (Lipinski definition) is 2. The molecule has 1 unspecified atom stereocenters. The minimum atomic E-state index is -0.229. The van der Waals surface area contributed by atoms with Crippen LogP contribution in [0.5, 0.6) is 5.75 Å². The number of fused-ring (bicyclic) bond motifs is 1. The number of ether oxygens (including phenoxy) is 1. The lowest BCUT2D eigenvalue weighted by Crippen LogP contribution is -2.24. The maximum Gasteiger partial charge on any atom is 0.146 e. The van der Waals surface area contributed by atoms with Crippen molar-refractivity contribution in [3.63, 3.8) is 0 Å². The number of aryl methyl sites for hydroxylation is 2. The molecule has 0 spiro atoms. The third-order valence-electron chi connectivity index (χ3n) is 3.38. The fraction of sp³-hybridized carbons (Fsp3) is 0.250. The molecule has 0 saturated carbocycles. The maximum absolute atomic E-state index is 13.3. The Hall–Kier alpha value is -2.03. The van der Waals surface area contributed by atoms with Crippen LogP contribution in [0.1, 0.15) is 22.8 Å². The van der Waals surface area contributed by atoms with Crippen LogP contribution >= 0.6 is 0 Å². The molecule has 1 aliphatic rings. The first-order chi connectivity index (χ1) is 9.13. The summed E-state index contributed by atoms with van der Waals surface area (Å²) in [5.74, 6) is 0.638. The molecular formula is C16H16FNO. The van der Waals surface area contributed by atoms with E-state index in [0.717, 1.165) is 22.6 Å². The van der Waals surface area contributed by atoms with E-state index < -0.39 is 0 Å². The molecule has 0 amide bonds. The smallest absolute Gasteiger partial charge is 0.146 e. The van der Waals surface area contributed by atoms with Crippen molar-refractivity contribution >= 4 is 5.69 Å². The molecule has 19 heavy (non-hydrogen) atoms. The highest BCUT2D eigenvalue weighted by Crippen LogP contribution is 2.37. The van der Waals surface area contributed by atoms with E-state index in [9.17, 15) is 4.39 Å². The van der Waals surface area contributed by atoms with Gasteiger partial charge in [-0.3, -0.25) is 0 Å².